The average Bonchev–Trinajstić information content (AvgIpc) is 2.82. The predicted molar refractivity (Wildman–Crippen MR) is 76.0 cm³/mol. The molecule has 1 aromatic rings. The minimum absolute atomic E-state index is 0.0815. The minimum Gasteiger partial charge on any atom is -0.355 e. The number of aromatic nitrogens is 3. The normalized spacial score (nSPS) is 18.2. The summed E-state index contributed by atoms with van der Waals surface area (Å²) in [7, 11) is 0. The lowest BCUT2D eigenvalue weighted by molar-refractivity contribution is -0.120. The fraction of sp³-hybridized carbons (Fsp3) is 0.769. The highest BCUT2D eigenvalue weighted by molar-refractivity contribution is 8.00. The molecule has 1 amide bonds. The van der Waals surface area contributed by atoms with Gasteiger partial charge in [0.05, 0.1) is 5.25 Å². The maximum atomic E-state index is 12.0. The van der Waals surface area contributed by atoms with Crippen molar-refractivity contribution in [2.45, 2.75) is 56.4 Å². The van der Waals surface area contributed by atoms with Gasteiger partial charge < -0.3 is 5.32 Å². The monoisotopic (exact) mass is 282 g/mol. The molecule has 2 rings (SSSR count). The first kappa shape index (κ1) is 14.4. The third-order valence-electron chi connectivity index (χ3n) is 3.52. The smallest absolute Gasteiger partial charge is 0.233 e. The van der Waals surface area contributed by atoms with Crippen LogP contribution in [0.3, 0.4) is 0 Å². The van der Waals surface area contributed by atoms with E-state index in [0.29, 0.717) is 11.1 Å². The first-order valence-electron chi connectivity index (χ1n) is 6.98. The Balaban J connectivity index is 1.72. The Morgan fingerprint density at radius 2 is 2.21 bits per heavy atom. The molecule has 0 radical (unpaired) electrons. The Labute approximate surface area is 118 Å². The molecule has 0 bridgehead atoms. The summed E-state index contributed by atoms with van der Waals surface area (Å²) >= 11 is 1.39. The molecule has 1 aliphatic carbocycles. The van der Waals surface area contributed by atoms with Crippen LogP contribution in [0, 0.1) is 12.8 Å². The van der Waals surface area contributed by atoms with E-state index in [2.05, 4.69) is 20.5 Å². The molecule has 0 aromatic carbocycles. The summed E-state index contributed by atoms with van der Waals surface area (Å²) in [6.45, 7) is 4.56. The lowest BCUT2D eigenvalue weighted by Crippen LogP contribution is -2.35. The van der Waals surface area contributed by atoms with Crippen LogP contribution in [0.5, 0.6) is 0 Å². The molecule has 106 valence electrons. The lowest BCUT2D eigenvalue weighted by Gasteiger charge is -2.22. The van der Waals surface area contributed by atoms with Crippen LogP contribution in [-0.2, 0) is 4.79 Å². The molecule has 1 aliphatic rings. The van der Waals surface area contributed by atoms with E-state index in [1.165, 1.54) is 43.9 Å². The summed E-state index contributed by atoms with van der Waals surface area (Å²) in [6.07, 6.45) is 6.47. The van der Waals surface area contributed by atoms with Gasteiger partial charge in [-0.15, -0.1) is 5.10 Å². The van der Waals surface area contributed by atoms with Gasteiger partial charge in [-0.1, -0.05) is 31.0 Å². The van der Waals surface area contributed by atoms with Crippen molar-refractivity contribution in [3.05, 3.63) is 5.82 Å². The summed E-state index contributed by atoms with van der Waals surface area (Å²) < 4.78 is 0. The molecule has 0 aliphatic heterocycles. The van der Waals surface area contributed by atoms with Crippen LogP contribution >= 0.6 is 11.8 Å². The van der Waals surface area contributed by atoms with Crippen LogP contribution in [0.4, 0.5) is 0 Å². The summed E-state index contributed by atoms with van der Waals surface area (Å²) in [6, 6.07) is 0. The molecule has 0 saturated heterocycles. The second kappa shape index (κ2) is 6.93. The summed E-state index contributed by atoms with van der Waals surface area (Å²) in [5, 5.41) is 10.4. The highest BCUT2D eigenvalue weighted by Gasteiger charge is 2.19. The van der Waals surface area contributed by atoms with Gasteiger partial charge in [0.25, 0.3) is 0 Å². The number of H-pyrrole nitrogens is 1. The van der Waals surface area contributed by atoms with Crippen LogP contribution in [-0.4, -0.2) is 32.9 Å². The largest absolute Gasteiger partial charge is 0.355 e. The van der Waals surface area contributed by atoms with E-state index in [0.717, 1.165) is 12.4 Å². The number of hydrogen-bond acceptors (Lipinski definition) is 4. The maximum absolute atomic E-state index is 12.0. The minimum atomic E-state index is -0.154. The van der Waals surface area contributed by atoms with Crippen molar-refractivity contribution in [1.29, 1.82) is 0 Å². The standard InChI is InChI=1S/C13H22N4OS/c1-9(19-13-15-10(2)16-17-13)12(18)14-8-11-6-4-3-5-7-11/h9,11H,3-8H2,1-2H3,(H,14,18)(H,15,16,17). The van der Waals surface area contributed by atoms with E-state index >= 15 is 0 Å². The van der Waals surface area contributed by atoms with Gasteiger partial charge in [-0.3, -0.25) is 9.89 Å². The van der Waals surface area contributed by atoms with Crippen molar-refractivity contribution in [2.24, 2.45) is 5.92 Å². The third-order valence-corrected chi connectivity index (χ3v) is 4.48. The van der Waals surface area contributed by atoms with E-state index in [-0.39, 0.29) is 11.2 Å². The highest BCUT2D eigenvalue weighted by atomic mass is 32.2. The van der Waals surface area contributed by atoms with Gasteiger partial charge in [0.1, 0.15) is 5.82 Å². The Kier molecular flexibility index (Phi) is 5.24. The summed E-state index contributed by atoms with van der Waals surface area (Å²) in [4.78, 5) is 16.2. The van der Waals surface area contributed by atoms with Gasteiger partial charge in [0.2, 0.25) is 11.1 Å². The quantitative estimate of drug-likeness (QED) is 0.813. The van der Waals surface area contributed by atoms with Gasteiger partial charge in [-0.05, 0) is 32.6 Å². The molecule has 0 spiro atoms. The molecule has 19 heavy (non-hydrogen) atoms. The van der Waals surface area contributed by atoms with E-state index in [1.807, 2.05) is 13.8 Å². The zero-order chi connectivity index (χ0) is 13.7. The fourth-order valence-corrected chi connectivity index (χ4v) is 3.16. The first-order valence-corrected chi connectivity index (χ1v) is 7.86. The molecule has 1 heterocycles. The highest BCUT2D eigenvalue weighted by Crippen LogP contribution is 2.23. The second-order valence-corrected chi connectivity index (χ2v) is 6.52. The Morgan fingerprint density at radius 3 is 2.84 bits per heavy atom. The van der Waals surface area contributed by atoms with E-state index in [4.69, 9.17) is 0 Å². The van der Waals surface area contributed by atoms with Crippen molar-refractivity contribution in [3.8, 4) is 0 Å². The average molecular weight is 282 g/mol. The molecular weight excluding hydrogens is 260 g/mol. The topological polar surface area (TPSA) is 70.7 Å². The van der Waals surface area contributed by atoms with E-state index in [1.54, 1.807) is 0 Å². The molecule has 1 atom stereocenters. The maximum Gasteiger partial charge on any atom is 0.233 e. The van der Waals surface area contributed by atoms with Crippen LogP contribution < -0.4 is 5.32 Å². The zero-order valence-electron chi connectivity index (χ0n) is 11.6. The van der Waals surface area contributed by atoms with Crippen molar-refractivity contribution in [1.82, 2.24) is 20.5 Å². The number of amides is 1. The van der Waals surface area contributed by atoms with E-state index in [9.17, 15) is 4.79 Å². The fourth-order valence-electron chi connectivity index (χ4n) is 2.37. The Hall–Kier alpha value is -1.04. The number of nitrogens with one attached hydrogen (secondary N) is 2. The van der Waals surface area contributed by atoms with Gasteiger partial charge in [-0.25, -0.2) is 4.98 Å². The van der Waals surface area contributed by atoms with E-state index < -0.39 is 0 Å². The van der Waals surface area contributed by atoms with Crippen molar-refractivity contribution in [3.63, 3.8) is 0 Å². The zero-order valence-corrected chi connectivity index (χ0v) is 12.4. The SMILES string of the molecule is Cc1nc(SC(C)C(=O)NCC2CCCCC2)n[nH]1. The molecule has 1 aromatic heterocycles. The number of thioether (sulfide) groups is 1. The third kappa shape index (κ3) is 4.53. The van der Waals surface area contributed by atoms with Crippen LogP contribution in [0.15, 0.2) is 5.16 Å². The molecule has 1 fully saturated rings. The van der Waals surface area contributed by atoms with Crippen LogP contribution in [0.1, 0.15) is 44.9 Å². The van der Waals surface area contributed by atoms with Crippen LogP contribution in [0.25, 0.3) is 0 Å². The molecule has 5 nitrogen and oxygen atoms in total. The number of aryl methyl sites for hydroxylation is 1. The second-order valence-electron chi connectivity index (χ2n) is 5.21. The number of carbonyl (C=O) groups excluding carboxylic acids is 1. The van der Waals surface area contributed by atoms with Crippen molar-refractivity contribution >= 4 is 17.7 Å². The Bertz CT molecular complexity index is 415. The van der Waals surface area contributed by atoms with Gasteiger partial charge in [0, 0.05) is 6.54 Å². The molecule has 1 saturated carbocycles. The lowest BCUT2D eigenvalue weighted by atomic mass is 9.89. The van der Waals surface area contributed by atoms with Gasteiger partial charge in [0.15, 0.2) is 0 Å². The molecule has 6 heteroatoms. The number of carbonyl (C=O) groups is 1. The first-order chi connectivity index (χ1) is 9.15. The number of nitrogens with zero attached hydrogens (tertiary/aromatic N) is 2. The molecule has 1 unspecified atom stereocenters. The van der Waals surface area contributed by atoms with Crippen molar-refractivity contribution < 1.29 is 4.79 Å². The summed E-state index contributed by atoms with van der Waals surface area (Å²) in [5.41, 5.74) is 0. The predicted octanol–water partition coefficient (Wildman–Crippen LogP) is 2.29. The molecular formula is C13H22N4OS. The van der Waals surface area contributed by atoms with Gasteiger partial charge in [-0.2, -0.15) is 0 Å². The molecule has 2 N–H and O–H groups in total. The van der Waals surface area contributed by atoms with Gasteiger partial charge >= 0.3 is 0 Å². The van der Waals surface area contributed by atoms with Crippen molar-refractivity contribution in [2.75, 3.05) is 6.54 Å². The van der Waals surface area contributed by atoms with Crippen LogP contribution in [0.2, 0.25) is 0 Å². The Morgan fingerprint density at radius 1 is 1.47 bits per heavy atom. The number of rotatable bonds is 5. The summed E-state index contributed by atoms with van der Waals surface area (Å²) in [5.74, 6) is 1.52. The number of hydrogen-bond donors (Lipinski definition) is 2. The number of aromatic amines is 1.